The molecular weight excluding hydrogens is 636 g/mol. The molecule has 0 unspecified atom stereocenters. The SMILES string of the molecule is CC(C)(C(=O)NC[C@H]1CN(S(=O)(=O)c2cccc(C(F)(F)F)c2)c2cc(-c3cc(F)cc(F)c3Cl)ccc2O1)C(F)(F)F. The van der Waals surface area contributed by atoms with Crippen molar-refractivity contribution in [2.24, 2.45) is 5.41 Å². The predicted octanol–water partition coefficient (Wildman–Crippen LogP) is 6.97. The Labute approximate surface area is 245 Å². The number of amides is 1. The van der Waals surface area contributed by atoms with Crippen LogP contribution in [0.25, 0.3) is 11.1 Å². The molecule has 1 heterocycles. The first kappa shape index (κ1) is 32.3. The highest BCUT2D eigenvalue weighted by atomic mass is 35.5. The molecule has 0 bridgehead atoms. The molecule has 16 heteroatoms. The molecule has 0 aromatic heterocycles. The predicted molar refractivity (Wildman–Crippen MR) is 140 cm³/mol. The van der Waals surface area contributed by atoms with Gasteiger partial charge in [-0.25, -0.2) is 17.2 Å². The van der Waals surface area contributed by atoms with Crippen LogP contribution < -0.4 is 14.4 Å². The Balaban J connectivity index is 1.79. The van der Waals surface area contributed by atoms with Gasteiger partial charge in [-0.15, -0.1) is 0 Å². The lowest BCUT2D eigenvalue weighted by Gasteiger charge is -2.36. The molecule has 232 valence electrons. The minimum absolute atomic E-state index is 0.00803. The van der Waals surface area contributed by atoms with E-state index in [0.29, 0.717) is 36.4 Å². The second-order valence-corrected chi connectivity index (χ2v) is 12.3. The summed E-state index contributed by atoms with van der Waals surface area (Å²) < 4.78 is 142. The van der Waals surface area contributed by atoms with Crippen molar-refractivity contribution in [3.05, 3.63) is 76.8 Å². The molecule has 0 aliphatic carbocycles. The van der Waals surface area contributed by atoms with Gasteiger partial charge in [0, 0.05) is 11.6 Å². The molecule has 3 aromatic rings. The summed E-state index contributed by atoms with van der Waals surface area (Å²) in [5, 5.41) is 1.57. The molecule has 3 aromatic carbocycles. The maximum atomic E-state index is 14.1. The number of sulfonamides is 1. The third kappa shape index (κ3) is 6.37. The van der Waals surface area contributed by atoms with Gasteiger partial charge in [-0.1, -0.05) is 23.7 Å². The van der Waals surface area contributed by atoms with E-state index in [2.05, 4.69) is 5.32 Å². The smallest absolute Gasteiger partial charge is 0.416 e. The van der Waals surface area contributed by atoms with Gasteiger partial charge in [0.1, 0.15) is 28.9 Å². The highest BCUT2D eigenvalue weighted by Gasteiger charge is 2.53. The monoisotopic (exact) mass is 656 g/mol. The van der Waals surface area contributed by atoms with Crippen LogP contribution in [-0.2, 0) is 21.0 Å². The standard InChI is InChI=1S/C27H21ClF8N2O4S/c1-25(2,27(34,35)36)24(39)37-12-17-13-38(43(40,41)18-5-3-4-15(9-18)26(31,32)33)21-8-14(6-7-22(21)42-17)19-10-16(29)11-20(30)23(19)28/h3-11,17H,12-13H2,1-2H3,(H,37,39)/t17-/m0/s1. The van der Waals surface area contributed by atoms with Gasteiger partial charge in [0.15, 0.2) is 0 Å². The number of ether oxygens (including phenoxy) is 1. The van der Waals surface area contributed by atoms with Gasteiger partial charge in [-0.2, -0.15) is 26.3 Å². The second-order valence-electron chi connectivity index (χ2n) is 10.1. The number of benzene rings is 3. The van der Waals surface area contributed by atoms with Crippen LogP contribution in [0.2, 0.25) is 5.02 Å². The van der Waals surface area contributed by atoms with Crippen molar-refractivity contribution in [2.45, 2.75) is 37.2 Å². The van der Waals surface area contributed by atoms with Crippen LogP contribution in [0, 0.1) is 17.0 Å². The molecule has 6 nitrogen and oxygen atoms in total. The molecule has 0 spiro atoms. The van der Waals surface area contributed by atoms with Crippen molar-refractivity contribution in [1.82, 2.24) is 5.32 Å². The molecule has 1 amide bonds. The van der Waals surface area contributed by atoms with Crippen molar-refractivity contribution in [3.63, 3.8) is 0 Å². The molecule has 1 N–H and O–H groups in total. The fourth-order valence-corrected chi connectivity index (χ4v) is 5.86. The summed E-state index contributed by atoms with van der Waals surface area (Å²) in [6.45, 7) is -0.000565. The number of hydrogen-bond donors (Lipinski definition) is 1. The van der Waals surface area contributed by atoms with Crippen molar-refractivity contribution >= 4 is 33.2 Å². The molecule has 43 heavy (non-hydrogen) atoms. The van der Waals surface area contributed by atoms with Crippen molar-refractivity contribution < 1.29 is 53.1 Å². The lowest BCUT2D eigenvalue weighted by molar-refractivity contribution is -0.211. The maximum absolute atomic E-state index is 14.1. The Kier molecular flexibility index (Phi) is 8.39. The third-order valence-electron chi connectivity index (χ3n) is 6.71. The van der Waals surface area contributed by atoms with Crippen LogP contribution in [0.3, 0.4) is 0 Å². The van der Waals surface area contributed by atoms with E-state index in [1.54, 1.807) is 0 Å². The van der Waals surface area contributed by atoms with E-state index in [1.807, 2.05) is 0 Å². The minimum atomic E-state index is -4.91. The summed E-state index contributed by atoms with van der Waals surface area (Å²) in [7, 11) is -4.83. The number of rotatable bonds is 6. The van der Waals surface area contributed by atoms with E-state index in [0.717, 1.165) is 24.3 Å². The molecule has 1 atom stereocenters. The quantitative estimate of drug-likeness (QED) is 0.230. The third-order valence-corrected chi connectivity index (χ3v) is 8.87. The van der Waals surface area contributed by atoms with E-state index < -0.39 is 80.0 Å². The topological polar surface area (TPSA) is 75.7 Å². The van der Waals surface area contributed by atoms with Gasteiger partial charge < -0.3 is 10.1 Å². The molecule has 1 aliphatic rings. The van der Waals surface area contributed by atoms with E-state index in [9.17, 15) is 48.3 Å². The average molecular weight is 657 g/mol. The number of nitrogens with zero attached hydrogens (tertiary/aromatic N) is 1. The van der Waals surface area contributed by atoms with Crippen molar-refractivity contribution in [3.8, 4) is 16.9 Å². The Morgan fingerprint density at radius 2 is 1.70 bits per heavy atom. The Hall–Kier alpha value is -3.59. The van der Waals surface area contributed by atoms with Crippen molar-refractivity contribution in [2.75, 3.05) is 17.4 Å². The average Bonchev–Trinajstić information content (AvgIpc) is 2.91. The zero-order chi connectivity index (χ0) is 32.1. The summed E-state index contributed by atoms with van der Waals surface area (Å²) in [5.41, 5.74) is -4.52. The van der Waals surface area contributed by atoms with Gasteiger partial charge in [0.05, 0.1) is 34.3 Å². The Morgan fingerprint density at radius 1 is 1.02 bits per heavy atom. The molecule has 0 saturated heterocycles. The fourth-order valence-electron chi connectivity index (χ4n) is 4.10. The number of hydrogen-bond acceptors (Lipinski definition) is 4. The molecule has 1 aliphatic heterocycles. The summed E-state index contributed by atoms with van der Waals surface area (Å²) in [5.74, 6) is -3.75. The lowest BCUT2D eigenvalue weighted by atomic mass is 9.91. The first-order valence-corrected chi connectivity index (χ1v) is 14.1. The van der Waals surface area contributed by atoms with E-state index in [4.69, 9.17) is 16.3 Å². The number of carbonyl (C=O) groups is 1. The van der Waals surface area contributed by atoms with Crippen LogP contribution in [-0.4, -0.2) is 39.7 Å². The van der Waals surface area contributed by atoms with E-state index in [1.165, 1.54) is 12.1 Å². The first-order valence-electron chi connectivity index (χ1n) is 12.2. The second kappa shape index (κ2) is 11.2. The van der Waals surface area contributed by atoms with Crippen molar-refractivity contribution in [1.29, 1.82) is 0 Å². The van der Waals surface area contributed by atoms with Gasteiger partial charge in [0.25, 0.3) is 10.0 Å². The summed E-state index contributed by atoms with van der Waals surface area (Å²) in [6, 6.07) is 7.82. The minimum Gasteiger partial charge on any atom is -0.484 e. The number of fused-ring (bicyclic) bond motifs is 1. The summed E-state index contributed by atoms with van der Waals surface area (Å²) in [6.07, 6.45) is -11.1. The highest BCUT2D eigenvalue weighted by Crippen LogP contribution is 2.43. The van der Waals surface area contributed by atoms with Crippen LogP contribution in [0.15, 0.2) is 59.5 Å². The number of alkyl halides is 6. The Morgan fingerprint density at radius 3 is 2.33 bits per heavy atom. The molecule has 0 fully saturated rings. The van der Waals surface area contributed by atoms with Crippen LogP contribution >= 0.6 is 11.6 Å². The molecular formula is C27H21ClF8N2O4S. The van der Waals surface area contributed by atoms with Gasteiger partial charge >= 0.3 is 12.4 Å². The molecule has 4 rings (SSSR count). The number of carbonyl (C=O) groups excluding carboxylic acids is 1. The van der Waals surface area contributed by atoms with Crippen LogP contribution in [0.5, 0.6) is 5.75 Å². The normalized spacial score (nSPS) is 16.0. The lowest BCUT2D eigenvalue weighted by Crippen LogP contribution is -2.52. The van der Waals surface area contributed by atoms with Gasteiger partial charge in [0.2, 0.25) is 5.91 Å². The molecule has 0 saturated carbocycles. The summed E-state index contributed by atoms with van der Waals surface area (Å²) >= 11 is 6.00. The highest BCUT2D eigenvalue weighted by molar-refractivity contribution is 7.92. The Bertz CT molecular complexity index is 1680. The first-order chi connectivity index (χ1) is 19.7. The van der Waals surface area contributed by atoms with Gasteiger partial charge in [-0.3, -0.25) is 9.10 Å². The molecule has 0 radical (unpaired) electrons. The van der Waals surface area contributed by atoms with E-state index in [-0.39, 0.29) is 22.6 Å². The number of halogens is 9. The van der Waals surface area contributed by atoms with Crippen LogP contribution in [0.1, 0.15) is 19.4 Å². The number of nitrogens with one attached hydrogen (secondary N) is 1. The zero-order valence-electron chi connectivity index (χ0n) is 22.1. The van der Waals surface area contributed by atoms with Crippen LogP contribution in [0.4, 0.5) is 40.8 Å². The van der Waals surface area contributed by atoms with Gasteiger partial charge in [-0.05, 0) is 55.8 Å². The largest absolute Gasteiger partial charge is 0.484 e. The van der Waals surface area contributed by atoms with E-state index >= 15 is 0 Å². The zero-order valence-corrected chi connectivity index (χ0v) is 23.7. The number of anilines is 1. The maximum Gasteiger partial charge on any atom is 0.416 e. The summed E-state index contributed by atoms with van der Waals surface area (Å²) in [4.78, 5) is 11.5. The fraction of sp³-hybridized carbons (Fsp3) is 0.296.